The average molecular weight is 589 g/mol. The van der Waals surface area contributed by atoms with Crippen LogP contribution in [0, 0.1) is 0 Å². The second-order valence-electron chi connectivity index (χ2n) is 5.36. The Kier molecular flexibility index (Phi) is 13.9. The predicted octanol–water partition coefficient (Wildman–Crippen LogP) is 3.41. The Balaban J connectivity index is 0. The van der Waals surface area contributed by atoms with Crippen molar-refractivity contribution < 1.29 is 119 Å². The van der Waals surface area contributed by atoms with Gasteiger partial charge in [0.05, 0.1) is 0 Å². The van der Waals surface area contributed by atoms with E-state index in [0.29, 0.717) is 11.1 Å². The van der Waals surface area contributed by atoms with Crippen molar-refractivity contribution in [3.05, 3.63) is 72.8 Å². The number of phenolic OH excluding ortho intramolecular Hbond substituents is 2. The molecule has 0 fully saturated rings. The van der Waals surface area contributed by atoms with E-state index in [1.54, 1.807) is 12.1 Å². The van der Waals surface area contributed by atoms with Crippen LogP contribution in [0.25, 0.3) is 32.7 Å². The maximum atomic E-state index is 10.4. The van der Waals surface area contributed by atoms with Gasteiger partial charge in [-0.15, -0.1) is 0 Å². The Hall–Kier alpha value is 0.232. The molecule has 0 unspecified atom stereocenters. The summed E-state index contributed by atoms with van der Waals surface area (Å²) in [5.74, 6) is 0.343. The van der Waals surface area contributed by atoms with Crippen molar-refractivity contribution >= 4 is 21.5 Å². The molecular weight excluding hydrogens is 571 g/mol. The van der Waals surface area contributed by atoms with Crippen LogP contribution >= 0.6 is 0 Å². The van der Waals surface area contributed by atoms with Crippen molar-refractivity contribution in [3.63, 3.8) is 0 Å². The van der Waals surface area contributed by atoms with Crippen LogP contribution in [0.2, 0.25) is 0 Å². The number of rotatable bonds is 1. The van der Waals surface area contributed by atoms with Crippen LogP contribution in [0.15, 0.2) is 72.8 Å². The van der Waals surface area contributed by atoms with Gasteiger partial charge in [-0.1, -0.05) is 60.7 Å². The normalized spacial score (nSPS) is 9.04. The van der Waals surface area contributed by atoms with Gasteiger partial charge >= 0.3 is 0 Å². The van der Waals surface area contributed by atoms with E-state index in [4.69, 9.17) is 0 Å². The molecule has 4 aromatic carbocycles. The summed E-state index contributed by atoms with van der Waals surface area (Å²) in [6.07, 6.45) is 0. The van der Waals surface area contributed by atoms with Gasteiger partial charge in [0.1, 0.15) is 11.5 Å². The summed E-state index contributed by atoms with van der Waals surface area (Å²) in [5.41, 5.74) is 1.35. The molecule has 0 saturated carbocycles. The number of phenols is 2. The fraction of sp³-hybridized carbons (Fsp3) is 0. The van der Waals surface area contributed by atoms with E-state index in [1.807, 2.05) is 60.7 Å². The van der Waals surface area contributed by atoms with E-state index >= 15 is 0 Å². The third kappa shape index (κ3) is 5.65. The molecule has 0 amide bonds. The molecule has 27 heavy (non-hydrogen) atoms. The molecule has 0 bridgehead atoms. The van der Waals surface area contributed by atoms with Gasteiger partial charge in [0.2, 0.25) is 0 Å². The van der Waals surface area contributed by atoms with Gasteiger partial charge in [0.25, 0.3) is 0 Å². The Morgan fingerprint density at radius 1 is 0.444 bits per heavy atom. The summed E-state index contributed by atoms with van der Waals surface area (Å²) >= 11 is 0. The molecular formula is C20H18O4Y3. The number of aromatic hydroxyl groups is 2. The van der Waals surface area contributed by atoms with Gasteiger partial charge < -0.3 is 21.2 Å². The van der Waals surface area contributed by atoms with Crippen LogP contribution < -0.4 is 0 Å². The molecule has 0 aliphatic carbocycles. The van der Waals surface area contributed by atoms with Gasteiger partial charge in [0.15, 0.2) is 0 Å². The van der Waals surface area contributed by atoms with Crippen LogP contribution in [0.3, 0.4) is 0 Å². The minimum absolute atomic E-state index is 0. The predicted molar refractivity (Wildman–Crippen MR) is 97.4 cm³/mol. The SMILES string of the molecule is O.O.Oc1ccc2ccccc2c1-c1c(O)ccc2ccccc12.[Y].[Y].[Y]. The minimum atomic E-state index is 0. The minimum Gasteiger partial charge on any atom is -0.507 e. The summed E-state index contributed by atoms with van der Waals surface area (Å²) in [6, 6.07) is 22.9. The van der Waals surface area contributed by atoms with Gasteiger partial charge in [-0.25, -0.2) is 0 Å². The topological polar surface area (TPSA) is 103 Å². The maximum Gasteiger partial charge on any atom is 0.124 e. The van der Waals surface area contributed by atoms with Crippen molar-refractivity contribution in [1.82, 2.24) is 0 Å². The summed E-state index contributed by atoms with van der Waals surface area (Å²) in [4.78, 5) is 0. The summed E-state index contributed by atoms with van der Waals surface area (Å²) in [5, 5.41) is 24.8. The molecule has 3 radical (unpaired) electrons. The number of benzene rings is 4. The fourth-order valence-electron chi connectivity index (χ4n) is 3.05. The molecule has 0 saturated heterocycles. The Morgan fingerprint density at radius 2 is 0.778 bits per heavy atom. The van der Waals surface area contributed by atoms with Crippen molar-refractivity contribution in [2.45, 2.75) is 0 Å². The molecule has 0 aliphatic heterocycles. The van der Waals surface area contributed by atoms with Crippen LogP contribution in [0.5, 0.6) is 11.5 Å². The molecule has 6 N–H and O–H groups in total. The molecule has 0 aliphatic rings. The Labute approximate surface area is 233 Å². The molecule has 0 spiro atoms. The number of fused-ring (bicyclic) bond motifs is 2. The second kappa shape index (κ2) is 12.7. The van der Waals surface area contributed by atoms with E-state index in [9.17, 15) is 10.2 Å². The van der Waals surface area contributed by atoms with Crippen LogP contribution in [-0.4, -0.2) is 21.2 Å². The molecule has 131 valence electrons. The molecule has 4 aromatic rings. The first-order valence-electron chi connectivity index (χ1n) is 7.17. The van der Waals surface area contributed by atoms with Crippen LogP contribution in [-0.2, 0) is 98.1 Å². The van der Waals surface area contributed by atoms with Gasteiger partial charge in [-0.2, -0.15) is 0 Å². The van der Waals surface area contributed by atoms with Crippen molar-refractivity contribution in [2.75, 3.05) is 0 Å². The summed E-state index contributed by atoms with van der Waals surface area (Å²) in [6.45, 7) is 0. The number of hydrogen-bond acceptors (Lipinski definition) is 2. The third-order valence-corrected chi connectivity index (χ3v) is 4.06. The van der Waals surface area contributed by atoms with Crippen molar-refractivity contribution in [1.29, 1.82) is 0 Å². The first-order chi connectivity index (χ1) is 10.8. The van der Waals surface area contributed by atoms with E-state index in [2.05, 4.69) is 0 Å². The van der Waals surface area contributed by atoms with Gasteiger partial charge in [-0.05, 0) is 33.7 Å². The van der Waals surface area contributed by atoms with E-state index in [1.165, 1.54) is 0 Å². The Bertz CT molecular complexity index is 939. The zero-order valence-electron chi connectivity index (χ0n) is 14.6. The van der Waals surface area contributed by atoms with E-state index in [-0.39, 0.29) is 121 Å². The second-order valence-corrected chi connectivity index (χ2v) is 5.36. The van der Waals surface area contributed by atoms with Crippen molar-refractivity contribution in [3.8, 4) is 22.6 Å². The van der Waals surface area contributed by atoms with Crippen LogP contribution in [0.1, 0.15) is 0 Å². The van der Waals surface area contributed by atoms with E-state index in [0.717, 1.165) is 21.5 Å². The molecule has 4 nitrogen and oxygen atoms in total. The summed E-state index contributed by atoms with van der Waals surface area (Å²) < 4.78 is 0. The average Bonchev–Trinajstić information content (AvgIpc) is 2.56. The zero-order chi connectivity index (χ0) is 15.1. The number of hydrogen-bond donors (Lipinski definition) is 2. The molecule has 7 heteroatoms. The monoisotopic (exact) mass is 589 g/mol. The van der Waals surface area contributed by atoms with Crippen molar-refractivity contribution in [2.24, 2.45) is 0 Å². The molecule has 0 aromatic heterocycles. The third-order valence-electron chi connectivity index (χ3n) is 4.06. The fourth-order valence-corrected chi connectivity index (χ4v) is 3.05. The Morgan fingerprint density at radius 3 is 1.15 bits per heavy atom. The first-order valence-corrected chi connectivity index (χ1v) is 7.17. The molecule has 0 heterocycles. The van der Waals surface area contributed by atoms with Crippen LogP contribution in [0.4, 0.5) is 0 Å². The molecule has 0 atom stereocenters. The van der Waals surface area contributed by atoms with Gasteiger partial charge in [0, 0.05) is 109 Å². The summed E-state index contributed by atoms with van der Waals surface area (Å²) in [7, 11) is 0. The largest absolute Gasteiger partial charge is 0.507 e. The first kappa shape index (κ1) is 29.4. The smallest absolute Gasteiger partial charge is 0.124 e. The molecule has 4 rings (SSSR count). The standard InChI is InChI=1S/C20H14O2.2H2O.3Y/c21-17-11-9-13-5-1-3-7-15(13)19(17)20-16-8-4-2-6-14(16)10-12-18(20)22;;;;;/h1-12,21-22H;2*1H2;;;. The quantitative estimate of drug-likeness (QED) is 0.356. The van der Waals surface area contributed by atoms with E-state index < -0.39 is 0 Å². The maximum absolute atomic E-state index is 10.4. The zero-order valence-corrected chi connectivity index (χ0v) is 23.1. The van der Waals surface area contributed by atoms with Gasteiger partial charge in [-0.3, -0.25) is 0 Å².